The zero-order valence-corrected chi connectivity index (χ0v) is 11.1. The van der Waals surface area contributed by atoms with E-state index in [-0.39, 0.29) is 12.6 Å². The maximum Gasteiger partial charge on any atom is 0.205 e. The van der Waals surface area contributed by atoms with Crippen LogP contribution in [0, 0.1) is 0 Å². The monoisotopic (exact) mass is 275 g/mol. The lowest BCUT2D eigenvalue weighted by atomic mass is 10.1. The highest BCUT2D eigenvalue weighted by atomic mass is 16.5. The fourth-order valence-electron chi connectivity index (χ4n) is 1.86. The molecule has 0 saturated heterocycles. The maximum atomic E-state index is 9.54. The second-order valence-corrected chi connectivity index (χ2v) is 4.04. The van der Waals surface area contributed by atoms with Crippen molar-refractivity contribution in [2.24, 2.45) is 5.84 Å². The van der Waals surface area contributed by atoms with Crippen molar-refractivity contribution in [3.63, 3.8) is 0 Å². The first-order chi connectivity index (χ1) is 9.80. The lowest BCUT2D eigenvalue weighted by Gasteiger charge is -2.19. The van der Waals surface area contributed by atoms with Gasteiger partial charge in [-0.05, 0) is 5.56 Å². The van der Waals surface area contributed by atoms with Crippen molar-refractivity contribution in [2.45, 2.75) is 6.04 Å². The van der Waals surface area contributed by atoms with E-state index in [0.29, 0.717) is 17.4 Å². The molecule has 1 aromatic carbocycles. The van der Waals surface area contributed by atoms with Crippen molar-refractivity contribution in [2.75, 3.05) is 24.5 Å². The number of hydrogen-bond acceptors (Lipinski definition) is 7. The summed E-state index contributed by atoms with van der Waals surface area (Å²) in [6.45, 7) is -0.0808. The Hall–Kier alpha value is -2.38. The Labute approximate surface area is 116 Å². The Bertz CT molecular complexity index is 550. The van der Waals surface area contributed by atoms with Gasteiger partial charge in [-0.3, -0.25) is 0 Å². The van der Waals surface area contributed by atoms with E-state index in [1.807, 2.05) is 30.3 Å². The Balaban J connectivity index is 2.28. The summed E-state index contributed by atoms with van der Waals surface area (Å²) < 4.78 is 5.24. The van der Waals surface area contributed by atoms with E-state index in [1.165, 1.54) is 13.4 Å². The van der Waals surface area contributed by atoms with E-state index in [2.05, 4.69) is 20.7 Å². The van der Waals surface area contributed by atoms with E-state index >= 15 is 0 Å². The number of methoxy groups -OCH3 is 1. The van der Waals surface area contributed by atoms with E-state index in [9.17, 15) is 5.11 Å². The summed E-state index contributed by atoms with van der Waals surface area (Å²) in [6.07, 6.45) is 1.36. The second-order valence-electron chi connectivity index (χ2n) is 4.04. The molecule has 0 aliphatic rings. The Morgan fingerprint density at radius 2 is 1.95 bits per heavy atom. The quantitative estimate of drug-likeness (QED) is 0.459. The van der Waals surface area contributed by atoms with E-state index < -0.39 is 0 Å². The van der Waals surface area contributed by atoms with Gasteiger partial charge in [0.2, 0.25) is 5.75 Å². The average molecular weight is 275 g/mol. The van der Waals surface area contributed by atoms with Crippen molar-refractivity contribution in [3.05, 3.63) is 42.2 Å². The number of nitrogens with zero attached hydrogens (tertiary/aromatic N) is 2. The van der Waals surface area contributed by atoms with Crippen molar-refractivity contribution in [1.82, 2.24) is 9.97 Å². The van der Waals surface area contributed by atoms with Gasteiger partial charge in [-0.15, -0.1) is 0 Å². The molecule has 0 spiro atoms. The van der Waals surface area contributed by atoms with Gasteiger partial charge in [0.05, 0.1) is 19.8 Å². The van der Waals surface area contributed by atoms with Crippen molar-refractivity contribution in [1.29, 1.82) is 0 Å². The van der Waals surface area contributed by atoms with Gasteiger partial charge in [0.25, 0.3) is 0 Å². The Morgan fingerprint density at radius 3 is 2.55 bits per heavy atom. The largest absolute Gasteiger partial charge is 0.490 e. The first-order valence-electron chi connectivity index (χ1n) is 6.08. The number of nitrogens with one attached hydrogen (secondary N) is 2. The minimum Gasteiger partial charge on any atom is -0.490 e. The number of aliphatic hydroxyl groups is 1. The number of ether oxygens (including phenoxy) is 1. The summed E-state index contributed by atoms with van der Waals surface area (Å²) in [6, 6.07) is 9.27. The third-order valence-corrected chi connectivity index (χ3v) is 2.84. The fourth-order valence-corrected chi connectivity index (χ4v) is 1.86. The predicted octanol–water partition coefficient (Wildman–Crippen LogP) is 0.916. The summed E-state index contributed by atoms with van der Waals surface area (Å²) in [5, 5.41) is 12.7. The van der Waals surface area contributed by atoms with Crippen LogP contribution in [0.3, 0.4) is 0 Å². The van der Waals surface area contributed by atoms with Gasteiger partial charge in [-0.1, -0.05) is 30.3 Å². The molecule has 7 nitrogen and oxygen atoms in total. The number of rotatable bonds is 6. The van der Waals surface area contributed by atoms with Crippen LogP contribution < -0.4 is 21.3 Å². The number of aliphatic hydroxyl groups excluding tert-OH is 1. The van der Waals surface area contributed by atoms with Gasteiger partial charge in [0, 0.05) is 0 Å². The van der Waals surface area contributed by atoms with Crippen LogP contribution in [0.4, 0.5) is 11.6 Å². The van der Waals surface area contributed by atoms with E-state index in [1.54, 1.807) is 0 Å². The van der Waals surface area contributed by atoms with Crippen molar-refractivity contribution in [3.8, 4) is 5.75 Å². The molecule has 0 aliphatic carbocycles. The first-order valence-corrected chi connectivity index (χ1v) is 6.08. The number of benzene rings is 1. The SMILES string of the molecule is COc1c(NN)ncnc1NC(CO)c1ccccc1. The highest BCUT2D eigenvalue weighted by Gasteiger charge is 2.16. The average Bonchev–Trinajstić information content (AvgIpc) is 2.52. The number of aromatic nitrogens is 2. The molecule has 2 aromatic rings. The van der Waals surface area contributed by atoms with Gasteiger partial charge >= 0.3 is 0 Å². The molecule has 0 radical (unpaired) electrons. The number of nitrogens with two attached hydrogens (primary N) is 1. The van der Waals surface area contributed by atoms with Crippen molar-refractivity contribution >= 4 is 11.6 Å². The Morgan fingerprint density at radius 1 is 1.25 bits per heavy atom. The predicted molar refractivity (Wildman–Crippen MR) is 76.3 cm³/mol. The molecule has 5 N–H and O–H groups in total. The summed E-state index contributed by atoms with van der Waals surface area (Å²) in [7, 11) is 1.50. The molecule has 1 atom stereocenters. The zero-order chi connectivity index (χ0) is 14.4. The molecule has 1 aromatic heterocycles. The van der Waals surface area contributed by atoms with Crippen LogP contribution in [-0.2, 0) is 0 Å². The summed E-state index contributed by atoms with van der Waals surface area (Å²) in [4.78, 5) is 8.08. The number of hydrogen-bond donors (Lipinski definition) is 4. The fraction of sp³-hybridized carbons (Fsp3) is 0.231. The van der Waals surface area contributed by atoms with Gasteiger partial charge in [-0.25, -0.2) is 15.8 Å². The normalized spacial score (nSPS) is 11.8. The molecular formula is C13H17N5O2. The topological polar surface area (TPSA) is 105 Å². The summed E-state index contributed by atoms with van der Waals surface area (Å²) >= 11 is 0. The van der Waals surface area contributed by atoms with Crippen LogP contribution >= 0.6 is 0 Å². The highest BCUT2D eigenvalue weighted by molar-refractivity contribution is 5.63. The highest BCUT2D eigenvalue weighted by Crippen LogP contribution is 2.30. The zero-order valence-electron chi connectivity index (χ0n) is 11.1. The molecule has 1 unspecified atom stereocenters. The molecule has 7 heteroatoms. The molecule has 1 heterocycles. The lowest BCUT2D eigenvalue weighted by molar-refractivity contribution is 0.275. The van der Waals surface area contributed by atoms with Crippen LogP contribution in [0.2, 0.25) is 0 Å². The minimum absolute atomic E-state index is 0.0808. The smallest absolute Gasteiger partial charge is 0.205 e. The minimum atomic E-state index is -0.300. The Kier molecular flexibility index (Phi) is 4.70. The summed E-state index contributed by atoms with van der Waals surface area (Å²) in [5.74, 6) is 6.59. The number of hydrazine groups is 1. The van der Waals surface area contributed by atoms with Crippen LogP contribution in [0.1, 0.15) is 11.6 Å². The molecule has 0 bridgehead atoms. The van der Waals surface area contributed by atoms with Gasteiger partial charge in [-0.2, -0.15) is 0 Å². The number of anilines is 2. The van der Waals surface area contributed by atoms with Gasteiger partial charge in [0.15, 0.2) is 11.6 Å². The molecule has 2 rings (SSSR count). The summed E-state index contributed by atoms with van der Waals surface area (Å²) in [5.41, 5.74) is 3.38. The van der Waals surface area contributed by atoms with Crippen LogP contribution in [0.25, 0.3) is 0 Å². The lowest BCUT2D eigenvalue weighted by Crippen LogP contribution is -2.18. The number of nitrogen functional groups attached to an aromatic ring is 1. The van der Waals surface area contributed by atoms with E-state index in [4.69, 9.17) is 10.6 Å². The van der Waals surface area contributed by atoms with Crippen LogP contribution in [0.5, 0.6) is 5.75 Å². The molecule has 20 heavy (non-hydrogen) atoms. The maximum absolute atomic E-state index is 9.54. The van der Waals surface area contributed by atoms with Crippen LogP contribution in [0.15, 0.2) is 36.7 Å². The molecule has 0 amide bonds. The molecule has 0 fully saturated rings. The standard InChI is InChI=1S/C13H17N5O2/c1-20-11-12(15-8-16-13(11)18-14)17-10(7-19)9-5-3-2-4-6-9/h2-6,8,10,19H,7,14H2,1H3,(H2,15,16,17,18). The third kappa shape index (κ3) is 2.95. The molecular weight excluding hydrogens is 258 g/mol. The molecule has 106 valence electrons. The first kappa shape index (κ1) is 14.0. The van der Waals surface area contributed by atoms with Gasteiger partial charge in [0.1, 0.15) is 6.33 Å². The molecule has 0 aliphatic heterocycles. The van der Waals surface area contributed by atoms with Crippen molar-refractivity contribution < 1.29 is 9.84 Å². The second kappa shape index (κ2) is 6.69. The van der Waals surface area contributed by atoms with Crippen LogP contribution in [-0.4, -0.2) is 28.8 Å². The van der Waals surface area contributed by atoms with E-state index in [0.717, 1.165) is 5.56 Å². The third-order valence-electron chi connectivity index (χ3n) is 2.84. The molecule has 0 saturated carbocycles. The van der Waals surface area contributed by atoms with Gasteiger partial charge < -0.3 is 20.6 Å².